The summed E-state index contributed by atoms with van der Waals surface area (Å²) in [5.41, 5.74) is 2.13. The second-order valence-electron chi connectivity index (χ2n) is 7.01. The summed E-state index contributed by atoms with van der Waals surface area (Å²) in [5.74, 6) is -0.200. The number of aliphatic carboxylic acids is 1. The van der Waals surface area contributed by atoms with Gasteiger partial charge in [0.1, 0.15) is 17.2 Å². The van der Waals surface area contributed by atoms with Crippen LogP contribution in [0.3, 0.4) is 0 Å². The van der Waals surface area contributed by atoms with Crippen molar-refractivity contribution in [3.05, 3.63) is 71.2 Å². The number of carboxylic acids is 1. The first-order valence-corrected chi connectivity index (χ1v) is 10.9. The van der Waals surface area contributed by atoms with Crippen LogP contribution in [0, 0.1) is 0 Å². The Morgan fingerprint density at radius 1 is 0.914 bits per heavy atom. The van der Waals surface area contributed by atoms with Crippen molar-refractivity contribution >= 4 is 57.9 Å². The molecular formula is C24H22ClN3O6S. The highest BCUT2D eigenvalue weighted by atomic mass is 35.5. The highest BCUT2D eigenvalue weighted by Crippen LogP contribution is 2.36. The lowest BCUT2D eigenvalue weighted by molar-refractivity contribution is -0.139. The lowest BCUT2D eigenvalue weighted by Crippen LogP contribution is -2.19. The minimum atomic E-state index is -1.10. The quantitative estimate of drug-likeness (QED) is 0.295. The Morgan fingerprint density at radius 2 is 1.57 bits per heavy atom. The van der Waals surface area contributed by atoms with E-state index >= 15 is 0 Å². The van der Waals surface area contributed by atoms with Crippen molar-refractivity contribution in [1.29, 1.82) is 0 Å². The maximum atomic E-state index is 12.5. The van der Waals surface area contributed by atoms with E-state index in [9.17, 15) is 9.59 Å². The fourth-order valence-corrected chi connectivity index (χ4v) is 3.42. The standard InChI is InChI=1S/C24H22ClN3O6S/c1-32-20-12-21(33-2)19(11-18(20)25)28-24(35)27-16-8-6-15(7-9-16)26-23(31)14-4-3-5-17(10-14)34-13-22(29)30/h3-12H,13H2,1-2H3,(H,26,31)(H,29,30)(H2,27,28,35). The number of carbonyl (C=O) groups is 2. The number of ether oxygens (including phenoxy) is 3. The van der Waals surface area contributed by atoms with Crippen LogP contribution in [0.1, 0.15) is 10.4 Å². The number of thiocarbonyl (C=S) groups is 1. The van der Waals surface area contributed by atoms with Gasteiger partial charge < -0.3 is 35.3 Å². The topological polar surface area (TPSA) is 118 Å². The van der Waals surface area contributed by atoms with Crippen LogP contribution in [-0.2, 0) is 4.79 Å². The van der Waals surface area contributed by atoms with Gasteiger partial charge in [0.05, 0.1) is 24.9 Å². The molecule has 0 aliphatic rings. The van der Waals surface area contributed by atoms with E-state index < -0.39 is 12.6 Å². The van der Waals surface area contributed by atoms with E-state index in [-0.39, 0.29) is 11.7 Å². The van der Waals surface area contributed by atoms with Crippen molar-refractivity contribution in [1.82, 2.24) is 0 Å². The second-order valence-corrected chi connectivity index (χ2v) is 7.82. The summed E-state index contributed by atoms with van der Waals surface area (Å²) in [7, 11) is 3.04. The Bertz CT molecular complexity index is 1240. The fourth-order valence-electron chi connectivity index (χ4n) is 2.95. The minimum Gasteiger partial charge on any atom is -0.495 e. The molecule has 0 aliphatic heterocycles. The molecule has 182 valence electrons. The van der Waals surface area contributed by atoms with Crippen LogP contribution in [-0.4, -0.2) is 42.9 Å². The summed E-state index contributed by atoms with van der Waals surface area (Å²) in [5, 5.41) is 18.3. The average Bonchev–Trinajstić information content (AvgIpc) is 2.84. The fraction of sp³-hybridized carbons (Fsp3) is 0.125. The molecule has 3 aromatic carbocycles. The predicted molar refractivity (Wildman–Crippen MR) is 138 cm³/mol. The van der Waals surface area contributed by atoms with Gasteiger partial charge in [-0.1, -0.05) is 17.7 Å². The van der Waals surface area contributed by atoms with Crippen molar-refractivity contribution in [2.24, 2.45) is 0 Å². The molecule has 0 fully saturated rings. The molecule has 0 spiro atoms. The van der Waals surface area contributed by atoms with Gasteiger partial charge in [0, 0.05) is 23.0 Å². The van der Waals surface area contributed by atoms with Gasteiger partial charge in [0.15, 0.2) is 11.7 Å². The third-order valence-electron chi connectivity index (χ3n) is 4.58. The zero-order valence-electron chi connectivity index (χ0n) is 18.8. The summed E-state index contributed by atoms with van der Waals surface area (Å²) >= 11 is 11.6. The number of carbonyl (C=O) groups excluding carboxylic acids is 1. The SMILES string of the molecule is COc1cc(OC)c(NC(=S)Nc2ccc(NC(=O)c3cccc(OCC(=O)O)c3)cc2)cc1Cl. The summed E-state index contributed by atoms with van der Waals surface area (Å²) in [6.07, 6.45) is 0. The van der Waals surface area contributed by atoms with E-state index in [4.69, 9.17) is 43.1 Å². The molecule has 0 atom stereocenters. The molecule has 0 unspecified atom stereocenters. The normalized spacial score (nSPS) is 10.1. The van der Waals surface area contributed by atoms with E-state index in [1.807, 2.05) is 0 Å². The Labute approximate surface area is 212 Å². The first-order valence-electron chi connectivity index (χ1n) is 10.1. The Balaban J connectivity index is 1.60. The molecule has 0 saturated carbocycles. The molecule has 0 heterocycles. The van der Waals surface area contributed by atoms with Crippen molar-refractivity contribution in [3.8, 4) is 17.2 Å². The molecule has 9 nitrogen and oxygen atoms in total. The Morgan fingerprint density at radius 3 is 2.20 bits per heavy atom. The van der Waals surface area contributed by atoms with E-state index in [0.717, 1.165) is 0 Å². The molecule has 11 heteroatoms. The zero-order valence-corrected chi connectivity index (χ0v) is 20.3. The summed E-state index contributed by atoms with van der Waals surface area (Å²) in [4.78, 5) is 23.2. The number of rotatable bonds is 9. The van der Waals surface area contributed by atoms with Gasteiger partial charge in [-0.05, 0) is 60.7 Å². The molecule has 3 rings (SSSR count). The van der Waals surface area contributed by atoms with Gasteiger partial charge >= 0.3 is 5.97 Å². The summed E-state index contributed by atoms with van der Waals surface area (Å²) in [6, 6.07) is 16.5. The van der Waals surface area contributed by atoms with E-state index in [1.165, 1.54) is 20.3 Å². The summed E-state index contributed by atoms with van der Waals surface area (Å²) in [6.45, 7) is -0.492. The van der Waals surface area contributed by atoms with Crippen LogP contribution >= 0.6 is 23.8 Å². The number of amides is 1. The number of halogens is 1. The lowest BCUT2D eigenvalue weighted by Gasteiger charge is -2.15. The number of anilines is 3. The Kier molecular flexibility index (Phi) is 8.71. The molecule has 0 radical (unpaired) electrons. The molecule has 0 saturated heterocycles. The zero-order chi connectivity index (χ0) is 25.4. The molecule has 3 aromatic rings. The van der Waals surface area contributed by atoms with Gasteiger partial charge in [-0.2, -0.15) is 0 Å². The van der Waals surface area contributed by atoms with Gasteiger partial charge in [-0.3, -0.25) is 4.79 Å². The van der Waals surface area contributed by atoms with Crippen molar-refractivity contribution in [2.45, 2.75) is 0 Å². The van der Waals surface area contributed by atoms with Crippen molar-refractivity contribution in [2.75, 3.05) is 36.8 Å². The van der Waals surface area contributed by atoms with Crippen LogP contribution in [0.4, 0.5) is 17.1 Å². The minimum absolute atomic E-state index is 0.287. The largest absolute Gasteiger partial charge is 0.495 e. The molecular weight excluding hydrogens is 494 g/mol. The van der Waals surface area contributed by atoms with Gasteiger partial charge in [0.2, 0.25) is 0 Å². The van der Waals surface area contributed by atoms with Crippen LogP contribution in [0.2, 0.25) is 5.02 Å². The second kappa shape index (κ2) is 11.9. The predicted octanol–water partition coefficient (Wildman–Crippen LogP) is 4.88. The van der Waals surface area contributed by atoms with Crippen molar-refractivity contribution < 1.29 is 28.9 Å². The molecule has 0 aromatic heterocycles. The number of carboxylic acid groups (broad SMARTS) is 1. The first kappa shape index (κ1) is 25.6. The van der Waals surface area contributed by atoms with Crippen LogP contribution in [0.15, 0.2) is 60.7 Å². The highest BCUT2D eigenvalue weighted by Gasteiger charge is 2.12. The number of nitrogens with one attached hydrogen (secondary N) is 3. The Hall–Kier alpha value is -4.02. The number of benzene rings is 3. The molecule has 0 aliphatic carbocycles. The molecule has 1 amide bonds. The summed E-state index contributed by atoms with van der Waals surface area (Å²) < 4.78 is 15.7. The monoisotopic (exact) mass is 515 g/mol. The van der Waals surface area contributed by atoms with Gasteiger partial charge in [0.25, 0.3) is 5.91 Å². The van der Waals surface area contributed by atoms with Crippen LogP contribution in [0.5, 0.6) is 17.2 Å². The van der Waals surface area contributed by atoms with Crippen LogP contribution < -0.4 is 30.2 Å². The van der Waals surface area contributed by atoms with Gasteiger partial charge in [-0.25, -0.2) is 4.79 Å². The van der Waals surface area contributed by atoms with E-state index in [2.05, 4.69) is 16.0 Å². The maximum absolute atomic E-state index is 12.5. The lowest BCUT2D eigenvalue weighted by atomic mass is 10.2. The highest BCUT2D eigenvalue weighted by molar-refractivity contribution is 7.80. The third-order valence-corrected chi connectivity index (χ3v) is 5.08. The third kappa shape index (κ3) is 7.23. The molecule has 4 N–H and O–H groups in total. The number of methoxy groups -OCH3 is 2. The maximum Gasteiger partial charge on any atom is 0.341 e. The number of hydrogen-bond acceptors (Lipinski definition) is 6. The van der Waals surface area contributed by atoms with E-state index in [0.29, 0.717) is 44.3 Å². The smallest absolute Gasteiger partial charge is 0.341 e. The number of hydrogen-bond donors (Lipinski definition) is 4. The van der Waals surface area contributed by atoms with Crippen molar-refractivity contribution in [3.63, 3.8) is 0 Å². The first-order chi connectivity index (χ1) is 16.8. The van der Waals surface area contributed by atoms with Crippen LogP contribution in [0.25, 0.3) is 0 Å². The molecule has 0 bridgehead atoms. The van der Waals surface area contributed by atoms with E-state index in [1.54, 1.807) is 54.6 Å². The average molecular weight is 516 g/mol. The molecule has 35 heavy (non-hydrogen) atoms. The van der Waals surface area contributed by atoms with Gasteiger partial charge in [-0.15, -0.1) is 0 Å².